The van der Waals surface area contributed by atoms with Gasteiger partial charge in [-0.3, -0.25) is 4.79 Å². The van der Waals surface area contributed by atoms with Gasteiger partial charge in [-0.25, -0.2) is 0 Å². The van der Waals surface area contributed by atoms with Crippen LogP contribution in [-0.2, 0) is 0 Å². The van der Waals surface area contributed by atoms with Gasteiger partial charge in [-0.2, -0.15) is 0 Å². The largest absolute Gasteiger partial charge is 0.368 e. The summed E-state index contributed by atoms with van der Waals surface area (Å²) in [6.07, 6.45) is 6.50. The maximum absolute atomic E-state index is 11.4. The van der Waals surface area contributed by atoms with Crippen LogP contribution in [0.15, 0.2) is 12.1 Å². The second kappa shape index (κ2) is 6.87. The van der Waals surface area contributed by atoms with E-state index in [1.54, 1.807) is 13.1 Å². The van der Waals surface area contributed by atoms with Crippen LogP contribution >= 0.6 is 0 Å². The summed E-state index contributed by atoms with van der Waals surface area (Å²) in [6.45, 7) is 5.52. The molecule has 5 nitrogen and oxygen atoms in total. The number of carbonyl (C=O) groups excluding carboxylic acids is 1. The Hall–Kier alpha value is -1.65. The summed E-state index contributed by atoms with van der Waals surface area (Å²) in [6, 6.07) is 3.54. The maximum Gasteiger partial charge on any atom is 0.271 e. The van der Waals surface area contributed by atoms with Gasteiger partial charge in [0.2, 0.25) is 0 Å². The van der Waals surface area contributed by atoms with Gasteiger partial charge in [0.15, 0.2) is 5.69 Å². The van der Waals surface area contributed by atoms with E-state index in [2.05, 4.69) is 34.7 Å². The lowest BCUT2D eigenvalue weighted by atomic mass is 9.78. The minimum Gasteiger partial charge on any atom is -0.368 e. The lowest BCUT2D eigenvalue weighted by molar-refractivity contribution is 0.0957. The van der Waals surface area contributed by atoms with Crippen LogP contribution in [0.5, 0.6) is 0 Å². The van der Waals surface area contributed by atoms with Gasteiger partial charge in [0.25, 0.3) is 5.91 Å². The molecule has 1 saturated carbocycles. The summed E-state index contributed by atoms with van der Waals surface area (Å²) in [4.78, 5) is 11.4. The summed E-state index contributed by atoms with van der Waals surface area (Å²) in [5.74, 6) is 1.26. The molecular formula is C16H26N4O. The molecule has 1 fully saturated rings. The van der Waals surface area contributed by atoms with Crippen molar-refractivity contribution in [3.8, 4) is 0 Å². The molecule has 0 atom stereocenters. The van der Waals surface area contributed by atoms with Crippen molar-refractivity contribution in [1.29, 1.82) is 0 Å². The van der Waals surface area contributed by atoms with Crippen molar-refractivity contribution in [2.24, 2.45) is 11.3 Å². The Kier molecular flexibility index (Phi) is 5.15. The SMILES string of the molecule is CNC(=O)c1ccc(NCC2(CC(C)C)CCCC2)nn1. The molecule has 1 aromatic heterocycles. The highest BCUT2D eigenvalue weighted by Gasteiger charge is 2.34. The fraction of sp³-hybridized carbons (Fsp3) is 0.688. The Morgan fingerprint density at radius 1 is 1.29 bits per heavy atom. The molecule has 0 aromatic carbocycles. The number of nitrogens with zero attached hydrogens (tertiary/aromatic N) is 2. The number of aromatic nitrogens is 2. The summed E-state index contributed by atoms with van der Waals surface area (Å²) in [7, 11) is 1.59. The third kappa shape index (κ3) is 4.16. The minimum absolute atomic E-state index is 0.207. The van der Waals surface area contributed by atoms with Gasteiger partial charge in [-0.05, 0) is 42.7 Å². The molecule has 1 aromatic rings. The van der Waals surface area contributed by atoms with E-state index >= 15 is 0 Å². The highest BCUT2D eigenvalue weighted by molar-refractivity contribution is 5.91. The summed E-state index contributed by atoms with van der Waals surface area (Å²) >= 11 is 0. The third-order valence-corrected chi connectivity index (χ3v) is 4.27. The predicted octanol–water partition coefficient (Wildman–Crippen LogP) is 2.85. The fourth-order valence-electron chi connectivity index (χ4n) is 3.40. The molecular weight excluding hydrogens is 264 g/mol. The molecule has 1 amide bonds. The van der Waals surface area contributed by atoms with Gasteiger partial charge in [-0.1, -0.05) is 26.7 Å². The van der Waals surface area contributed by atoms with Gasteiger partial charge in [0.1, 0.15) is 5.82 Å². The number of rotatable bonds is 6. The van der Waals surface area contributed by atoms with E-state index in [0.717, 1.165) is 12.4 Å². The van der Waals surface area contributed by atoms with Gasteiger partial charge in [0, 0.05) is 13.6 Å². The van der Waals surface area contributed by atoms with Crippen molar-refractivity contribution in [3.05, 3.63) is 17.8 Å². The molecule has 5 heteroatoms. The Balaban J connectivity index is 1.96. The molecule has 0 aliphatic heterocycles. The number of carbonyl (C=O) groups is 1. The molecule has 0 radical (unpaired) electrons. The first kappa shape index (κ1) is 15.7. The number of hydrogen-bond acceptors (Lipinski definition) is 4. The van der Waals surface area contributed by atoms with E-state index in [1.807, 2.05) is 6.07 Å². The Labute approximate surface area is 126 Å². The lowest BCUT2D eigenvalue weighted by Gasteiger charge is -2.31. The highest BCUT2D eigenvalue weighted by atomic mass is 16.1. The zero-order valence-corrected chi connectivity index (χ0v) is 13.3. The average Bonchev–Trinajstić information content (AvgIpc) is 2.93. The number of amides is 1. The molecule has 0 unspecified atom stereocenters. The van der Waals surface area contributed by atoms with Gasteiger partial charge >= 0.3 is 0 Å². The van der Waals surface area contributed by atoms with Crippen LogP contribution in [0.2, 0.25) is 0 Å². The second-order valence-electron chi connectivity index (χ2n) is 6.54. The van der Waals surface area contributed by atoms with Crippen LogP contribution in [0.3, 0.4) is 0 Å². The van der Waals surface area contributed by atoms with Crippen LogP contribution in [0.1, 0.15) is 56.4 Å². The lowest BCUT2D eigenvalue weighted by Crippen LogP contribution is -2.29. The van der Waals surface area contributed by atoms with E-state index in [4.69, 9.17) is 0 Å². The van der Waals surface area contributed by atoms with Crippen molar-refractivity contribution in [3.63, 3.8) is 0 Å². The highest BCUT2D eigenvalue weighted by Crippen LogP contribution is 2.43. The van der Waals surface area contributed by atoms with E-state index in [0.29, 0.717) is 17.0 Å². The average molecular weight is 290 g/mol. The second-order valence-corrected chi connectivity index (χ2v) is 6.54. The molecule has 1 aliphatic rings. The van der Waals surface area contributed by atoms with Crippen LogP contribution in [-0.4, -0.2) is 29.7 Å². The monoisotopic (exact) mass is 290 g/mol. The molecule has 1 aliphatic carbocycles. The molecule has 21 heavy (non-hydrogen) atoms. The van der Waals surface area contributed by atoms with E-state index in [9.17, 15) is 4.79 Å². The molecule has 0 bridgehead atoms. The summed E-state index contributed by atoms with van der Waals surface area (Å²) in [5.41, 5.74) is 0.746. The number of nitrogens with one attached hydrogen (secondary N) is 2. The third-order valence-electron chi connectivity index (χ3n) is 4.27. The molecule has 0 spiro atoms. The van der Waals surface area contributed by atoms with E-state index < -0.39 is 0 Å². The maximum atomic E-state index is 11.4. The van der Waals surface area contributed by atoms with Crippen LogP contribution < -0.4 is 10.6 Å². The van der Waals surface area contributed by atoms with Crippen molar-refractivity contribution in [2.45, 2.75) is 46.0 Å². The fourth-order valence-corrected chi connectivity index (χ4v) is 3.40. The smallest absolute Gasteiger partial charge is 0.271 e. The van der Waals surface area contributed by atoms with Crippen molar-refractivity contribution >= 4 is 11.7 Å². The zero-order chi connectivity index (χ0) is 15.3. The van der Waals surface area contributed by atoms with E-state index in [1.165, 1.54) is 32.1 Å². The summed E-state index contributed by atoms with van der Waals surface area (Å²) in [5, 5.41) is 14.0. The first-order valence-electron chi connectivity index (χ1n) is 7.84. The van der Waals surface area contributed by atoms with Crippen molar-refractivity contribution < 1.29 is 4.79 Å². The van der Waals surface area contributed by atoms with Crippen molar-refractivity contribution in [1.82, 2.24) is 15.5 Å². The predicted molar refractivity (Wildman–Crippen MR) is 84.3 cm³/mol. The molecule has 116 valence electrons. The minimum atomic E-state index is -0.207. The van der Waals surface area contributed by atoms with Gasteiger partial charge in [-0.15, -0.1) is 10.2 Å². The first-order chi connectivity index (χ1) is 10.0. The summed E-state index contributed by atoms with van der Waals surface area (Å²) < 4.78 is 0. The quantitative estimate of drug-likeness (QED) is 0.845. The van der Waals surface area contributed by atoms with Crippen LogP contribution in [0.25, 0.3) is 0 Å². The topological polar surface area (TPSA) is 66.9 Å². The Bertz CT molecular complexity index is 464. The van der Waals surface area contributed by atoms with Crippen LogP contribution in [0, 0.1) is 11.3 Å². The van der Waals surface area contributed by atoms with Crippen molar-refractivity contribution in [2.75, 3.05) is 18.9 Å². The molecule has 2 rings (SSSR count). The van der Waals surface area contributed by atoms with Crippen LogP contribution in [0.4, 0.5) is 5.82 Å². The number of anilines is 1. The molecule has 2 N–H and O–H groups in total. The number of hydrogen-bond donors (Lipinski definition) is 2. The zero-order valence-electron chi connectivity index (χ0n) is 13.3. The Morgan fingerprint density at radius 2 is 2.00 bits per heavy atom. The standard InChI is InChI=1S/C16H26N4O/c1-12(2)10-16(8-4-5-9-16)11-18-14-7-6-13(19-20-14)15(21)17-3/h6-7,12H,4-5,8-11H2,1-3H3,(H,17,21)(H,18,20). The van der Waals surface area contributed by atoms with Gasteiger partial charge < -0.3 is 10.6 Å². The van der Waals surface area contributed by atoms with E-state index in [-0.39, 0.29) is 5.91 Å². The molecule has 1 heterocycles. The van der Waals surface area contributed by atoms with Gasteiger partial charge in [0.05, 0.1) is 0 Å². The normalized spacial score (nSPS) is 17.0. The Morgan fingerprint density at radius 3 is 2.52 bits per heavy atom. The molecule has 0 saturated heterocycles. The first-order valence-corrected chi connectivity index (χ1v) is 7.84.